The van der Waals surface area contributed by atoms with Gasteiger partial charge in [0.2, 0.25) is 0 Å². The summed E-state index contributed by atoms with van der Waals surface area (Å²) in [6, 6.07) is 20.0. The summed E-state index contributed by atoms with van der Waals surface area (Å²) in [7, 11) is 1.69. The van der Waals surface area contributed by atoms with E-state index in [1.807, 2.05) is 83.9 Å². The highest BCUT2D eigenvalue weighted by Gasteiger charge is 2.23. The monoisotopic (exact) mass is 369 g/mol. The van der Waals surface area contributed by atoms with Gasteiger partial charge in [0.05, 0.1) is 40.6 Å². The molecule has 0 amide bonds. The van der Waals surface area contributed by atoms with Crippen molar-refractivity contribution >= 4 is 22.1 Å². The number of fused-ring (bicyclic) bond motifs is 2. The van der Waals surface area contributed by atoms with Crippen LogP contribution in [0.1, 0.15) is 11.4 Å². The number of rotatable bonds is 3. The van der Waals surface area contributed by atoms with Gasteiger partial charge in [0.25, 0.3) is 0 Å². The smallest absolute Gasteiger partial charge is 0.169 e. The lowest BCUT2D eigenvalue weighted by Gasteiger charge is -2.08. The van der Waals surface area contributed by atoms with Crippen molar-refractivity contribution in [3.8, 4) is 17.1 Å². The van der Waals surface area contributed by atoms with Crippen LogP contribution in [0.5, 0.6) is 5.75 Å². The number of aromatic nitrogens is 5. The van der Waals surface area contributed by atoms with Crippen molar-refractivity contribution in [3.05, 3.63) is 72.1 Å². The molecular formula is C22H19N5O. The lowest BCUT2D eigenvalue weighted by atomic mass is 10.1. The molecule has 3 heterocycles. The van der Waals surface area contributed by atoms with Gasteiger partial charge in [-0.3, -0.25) is 0 Å². The van der Waals surface area contributed by atoms with Crippen molar-refractivity contribution in [1.82, 2.24) is 24.5 Å². The molecule has 0 aliphatic heterocycles. The number of para-hydroxylation sites is 2. The van der Waals surface area contributed by atoms with Gasteiger partial charge in [-0.1, -0.05) is 36.4 Å². The van der Waals surface area contributed by atoms with Crippen LogP contribution in [-0.4, -0.2) is 31.7 Å². The Labute approximate surface area is 162 Å². The Morgan fingerprint density at radius 3 is 1.50 bits per heavy atom. The summed E-state index contributed by atoms with van der Waals surface area (Å²) < 4.78 is 9.58. The normalized spacial score (nSPS) is 11.4. The molecule has 0 aliphatic carbocycles. The van der Waals surface area contributed by atoms with E-state index in [-0.39, 0.29) is 0 Å². The fraction of sp³-hybridized carbons (Fsp3) is 0.136. The maximum atomic E-state index is 5.85. The first-order valence-corrected chi connectivity index (χ1v) is 9.12. The van der Waals surface area contributed by atoms with E-state index in [2.05, 4.69) is 0 Å². The number of hydrogen-bond acceptors (Lipinski definition) is 4. The summed E-state index contributed by atoms with van der Waals surface area (Å²) >= 11 is 0. The molecule has 0 atom stereocenters. The Bertz CT molecular complexity index is 1210. The lowest BCUT2D eigenvalue weighted by molar-refractivity contribution is 0.424. The molecule has 6 nitrogen and oxygen atoms in total. The minimum absolute atomic E-state index is 0.755. The van der Waals surface area contributed by atoms with Gasteiger partial charge in [-0.25, -0.2) is 14.3 Å². The third kappa shape index (κ3) is 2.31. The van der Waals surface area contributed by atoms with Gasteiger partial charge in [-0.15, -0.1) is 0 Å². The first kappa shape index (κ1) is 16.5. The van der Waals surface area contributed by atoms with Gasteiger partial charge in [0.1, 0.15) is 5.75 Å². The van der Waals surface area contributed by atoms with Crippen LogP contribution in [0.2, 0.25) is 0 Å². The van der Waals surface area contributed by atoms with Crippen LogP contribution < -0.4 is 4.74 Å². The molecule has 3 aromatic heterocycles. The van der Waals surface area contributed by atoms with Crippen LogP contribution in [0.15, 0.2) is 60.7 Å². The second-order valence-corrected chi connectivity index (χ2v) is 6.71. The lowest BCUT2D eigenvalue weighted by Crippen LogP contribution is -2.01. The molecule has 5 aromatic rings. The van der Waals surface area contributed by atoms with E-state index >= 15 is 0 Å². The first-order valence-electron chi connectivity index (χ1n) is 9.12. The van der Waals surface area contributed by atoms with E-state index in [1.54, 1.807) is 7.11 Å². The summed E-state index contributed by atoms with van der Waals surface area (Å²) in [5, 5.41) is 11.3. The van der Waals surface area contributed by atoms with Gasteiger partial charge < -0.3 is 4.74 Å². The van der Waals surface area contributed by atoms with Gasteiger partial charge in [-0.05, 0) is 38.1 Å². The van der Waals surface area contributed by atoms with E-state index in [1.165, 1.54) is 0 Å². The maximum absolute atomic E-state index is 5.85. The largest absolute Gasteiger partial charge is 0.495 e. The molecule has 28 heavy (non-hydrogen) atoms. The van der Waals surface area contributed by atoms with Crippen LogP contribution in [0.4, 0.5) is 0 Å². The molecule has 0 N–H and O–H groups in total. The fourth-order valence-electron chi connectivity index (χ4n) is 3.70. The highest BCUT2D eigenvalue weighted by molar-refractivity contribution is 6.02. The first-order chi connectivity index (χ1) is 13.7. The number of ether oxygens (including phenoxy) is 1. The van der Waals surface area contributed by atoms with E-state index in [9.17, 15) is 0 Å². The molecule has 0 unspecified atom stereocenters. The Balaban J connectivity index is 1.92. The molecule has 2 aromatic carbocycles. The molecule has 0 aliphatic rings. The van der Waals surface area contributed by atoms with Crippen molar-refractivity contribution in [2.45, 2.75) is 13.8 Å². The summed E-state index contributed by atoms with van der Waals surface area (Å²) in [5.41, 5.74) is 5.16. The average molecular weight is 369 g/mol. The van der Waals surface area contributed by atoms with Crippen molar-refractivity contribution in [1.29, 1.82) is 0 Å². The molecule has 0 fully saturated rings. The van der Waals surface area contributed by atoms with Gasteiger partial charge in [-0.2, -0.15) is 10.2 Å². The summed E-state index contributed by atoms with van der Waals surface area (Å²) in [6.45, 7) is 3.96. The van der Waals surface area contributed by atoms with Crippen LogP contribution in [0.25, 0.3) is 33.4 Å². The zero-order valence-electron chi connectivity index (χ0n) is 15.9. The second kappa shape index (κ2) is 6.20. The number of benzene rings is 2. The van der Waals surface area contributed by atoms with E-state index in [4.69, 9.17) is 19.9 Å². The predicted molar refractivity (Wildman–Crippen MR) is 110 cm³/mol. The minimum atomic E-state index is 0.755. The average Bonchev–Trinajstić information content (AvgIpc) is 3.25. The molecule has 5 rings (SSSR count). The molecule has 138 valence electrons. The number of pyridine rings is 1. The van der Waals surface area contributed by atoms with Crippen LogP contribution in [-0.2, 0) is 0 Å². The van der Waals surface area contributed by atoms with Crippen molar-refractivity contribution in [2.24, 2.45) is 0 Å². The van der Waals surface area contributed by atoms with Gasteiger partial charge >= 0.3 is 0 Å². The van der Waals surface area contributed by atoms with Gasteiger partial charge in [0.15, 0.2) is 11.3 Å². The standard InChI is InChI=1S/C22H19N5O/c1-14-18-20(28-3)19-15(2)25-27(17-12-8-5-9-13-17)22(19)23-21(18)26(24-14)16-10-6-4-7-11-16/h4-13H,1-3H3. The highest BCUT2D eigenvalue weighted by atomic mass is 16.5. The number of methoxy groups -OCH3 is 1. The summed E-state index contributed by atoms with van der Waals surface area (Å²) in [5.74, 6) is 0.763. The molecule has 0 bridgehead atoms. The quantitative estimate of drug-likeness (QED) is 0.473. The summed E-state index contributed by atoms with van der Waals surface area (Å²) in [4.78, 5) is 5.00. The molecular weight excluding hydrogens is 350 g/mol. The SMILES string of the molecule is COc1c2c(C)nn(-c3ccccc3)c2nc2c1c(C)nn2-c1ccccc1. The van der Waals surface area contributed by atoms with Crippen molar-refractivity contribution in [3.63, 3.8) is 0 Å². The van der Waals surface area contributed by atoms with Crippen LogP contribution >= 0.6 is 0 Å². The Kier molecular flexibility index (Phi) is 3.65. The highest BCUT2D eigenvalue weighted by Crippen LogP contribution is 2.37. The Morgan fingerprint density at radius 1 is 0.679 bits per heavy atom. The maximum Gasteiger partial charge on any atom is 0.169 e. The molecule has 0 saturated heterocycles. The minimum Gasteiger partial charge on any atom is -0.495 e. The van der Waals surface area contributed by atoms with E-state index in [0.717, 1.165) is 50.6 Å². The molecule has 0 saturated carbocycles. The number of aryl methyl sites for hydroxylation is 2. The summed E-state index contributed by atoms with van der Waals surface area (Å²) in [6.07, 6.45) is 0. The van der Waals surface area contributed by atoms with E-state index < -0.39 is 0 Å². The third-order valence-electron chi connectivity index (χ3n) is 4.94. The zero-order valence-corrected chi connectivity index (χ0v) is 15.9. The van der Waals surface area contributed by atoms with Gasteiger partial charge in [0, 0.05) is 0 Å². The van der Waals surface area contributed by atoms with Crippen LogP contribution in [0, 0.1) is 13.8 Å². The van der Waals surface area contributed by atoms with Crippen molar-refractivity contribution in [2.75, 3.05) is 7.11 Å². The molecule has 0 spiro atoms. The second-order valence-electron chi connectivity index (χ2n) is 6.71. The van der Waals surface area contributed by atoms with E-state index in [0.29, 0.717) is 0 Å². The molecule has 0 radical (unpaired) electrons. The number of hydrogen-bond donors (Lipinski definition) is 0. The topological polar surface area (TPSA) is 57.8 Å². The zero-order chi connectivity index (χ0) is 19.3. The Hall–Kier alpha value is -3.67. The molecule has 6 heteroatoms. The third-order valence-corrected chi connectivity index (χ3v) is 4.94. The predicted octanol–water partition coefficient (Wildman–Crippen LogP) is 4.38. The van der Waals surface area contributed by atoms with Crippen molar-refractivity contribution < 1.29 is 4.74 Å². The Morgan fingerprint density at radius 2 is 1.11 bits per heavy atom. The fourth-order valence-corrected chi connectivity index (χ4v) is 3.70. The number of nitrogens with zero attached hydrogens (tertiary/aromatic N) is 5. The van der Waals surface area contributed by atoms with Crippen LogP contribution in [0.3, 0.4) is 0 Å².